The molecule has 0 atom stereocenters. The van der Waals surface area contributed by atoms with E-state index < -0.39 is 5.91 Å². The van der Waals surface area contributed by atoms with Gasteiger partial charge in [0.2, 0.25) is 0 Å². The molecule has 0 aromatic heterocycles. The van der Waals surface area contributed by atoms with Crippen molar-refractivity contribution in [3.8, 4) is 0 Å². The summed E-state index contributed by atoms with van der Waals surface area (Å²) in [6, 6.07) is 15.3. The average Bonchev–Trinajstić information content (AvgIpc) is 2.51. The van der Waals surface area contributed by atoms with Crippen molar-refractivity contribution < 1.29 is 10.0 Å². The smallest absolute Gasteiger partial charge is 0.267 e. The summed E-state index contributed by atoms with van der Waals surface area (Å²) in [7, 11) is 0. The van der Waals surface area contributed by atoms with E-state index in [4.69, 9.17) is 16.8 Å². The number of halogens is 1. The number of benzene rings is 2. The number of hydroxylamine groups is 1. The van der Waals surface area contributed by atoms with Crippen molar-refractivity contribution in [2.24, 2.45) is 0 Å². The Morgan fingerprint density at radius 1 is 1.19 bits per heavy atom. The van der Waals surface area contributed by atoms with Gasteiger partial charge in [0, 0.05) is 23.3 Å². The zero-order valence-corrected chi connectivity index (χ0v) is 12.0. The standard InChI is InChI=1S/C16H15ClN2O2/c17-14-2-1-3-15(10-14)18-11-13-6-4-12(5-7-13)8-9-16(20)19-21/h1-10,18,21H,11H2,(H,19,20). The second kappa shape index (κ2) is 7.47. The first-order chi connectivity index (χ1) is 10.2. The Hall–Kier alpha value is -2.30. The molecule has 4 nitrogen and oxygen atoms in total. The van der Waals surface area contributed by atoms with Crippen LogP contribution < -0.4 is 10.8 Å². The van der Waals surface area contributed by atoms with Crippen LogP contribution in [-0.2, 0) is 11.3 Å². The maximum Gasteiger partial charge on any atom is 0.267 e. The highest BCUT2D eigenvalue weighted by molar-refractivity contribution is 6.30. The van der Waals surface area contributed by atoms with Gasteiger partial charge in [0.1, 0.15) is 0 Å². The number of rotatable bonds is 5. The van der Waals surface area contributed by atoms with Gasteiger partial charge in [0.15, 0.2) is 0 Å². The summed E-state index contributed by atoms with van der Waals surface area (Å²) in [5, 5.41) is 12.4. The van der Waals surface area contributed by atoms with Crippen LogP contribution in [0.4, 0.5) is 5.69 Å². The molecule has 2 aromatic carbocycles. The first kappa shape index (κ1) is 15.1. The molecule has 0 aliphatic carbocycles. The number of carbonyl (C=O) groups excluding carboxylic acids is 1. The molecule has 0 radical (unpaired) electrons. The van der Waals surface area contributed by atoms with Gasteiger partial charge in [0.25, 0.3) is 5.91 Å². The van der Waals surface area contributed by atoms with Crippen LogP contribution >= 0.6 is 11.6 Å². The van der Waals surface area contributed by atoms with Gasteiger partial charge in [-0.05, 0) is 35.4 Å². The van der Waals surface area contributed by atoms with Crippen molar-refractivity contribution in [3.63, 3.8) is 0 Å². The Morgan fingerprint density at radius 2 is 1.95 bits per heavy atom. The normalized spacial score (nSPS) is 10.6. The van der Waals surface area contributed by atoms with Crippen molar-refractivity contribution >= 4 is 29.3 Å². The lowest BCUT2D eigenvalue weighted by Gasteiger charge is -2.07. The fraction of sp³-hybridized carbons (Fsp3) is 0.0625. The van der Waals surface area contributed by atoms with Gasteiger partial charge >= 0.3 is 0 Å². The molecule has 2 aromatic rings. The molecule has 0 unspecified atom stereocenters. The van der Waals surface area contributed by atoms with Gasteiger partial charge in [0.05, 0.1) is 0 Å². The Bertz CT molecular complexity index is 639. The monoisotopic (exact) mass is 302 g/mol. The van der Waals surface area contributed by atoms with Crippen LogP contribution in [0.25, 0.3) is 6.08 Å². The predicted molar refractivity (Wildman–Crippen MR) is 84.2 cm³/mol. The second-order valence-electron chi connectivity index (χ2n) is 4.41. The Kier molecular flexibility index (Phi) is 5.37. The van der Waals surface area contributed by atoms with Crippen LogP contribution in [0, 0.1) is 0 Å². The van der Waals surface area contributed by atoms with Crippen LogP contribution in [0.2, 0.25) is 5.02 Å². The maximum absolute atomic E-state index is 10.9. The third-order valence-electron chi connectivity index (χ3n) is 2.84. The SMILES string of the molecule is O=C(C=Cc1ccc(CNc2cccc(Cl)c2)cc1)NO. The van der Waals surface area contributed by atoms with Crippen LogP contribution in [0.15, 0.2) is 54.6 Å². The number of nitrogens with one attached hydrogen (secondary N) is 2. The molecule has 0 aliphatic rings. The zero-order chi connectivity index (χ0) is 15.1. The molecule has 0 bridgehead atoms. The van der Waals surface area contributed by atoms with E-state index in [0.29, 0.717) is 11.6 Å². The number of carbonyl (C=O) groups is 1. The van der Waals surface area contributed by atoms with Crippen LogP contribution in [-0.4, -0.2) is 11.1 Å². The van der Waals surface area contributed by atoms with E-state index >= 15 is 0 Å². The van der Waals surface area contributed by atoms with Gasteiger partial charge in [-0.2, -0.15) is 0 Å². The van der Waals surface area contributed by atoms with Gasteiger partial charge in [-0.3, -0.25) is 10.0 Å². The lowest BCUT2D eigenvalue weighted by Crippen LogP contribution is -2.14. The molecule has 21 heavy (non-hydrogen) atoms. The third kappa shape index (κ3) is 4.95. The molecule has 0 aliphatic heterocycles. The lowest BCUT2D eigenvalue weighted by atomic mass is 10.1. The van der Waals surface area contributed by atoms with E-state index in [1.165, 1.54) is 6.08 Å². The summed E-state index contributed by atoms with van der Waals surface area (Å²) in [6.45, 7) is 0.682. The fourth-order valence-electron chi connectivity index (χ4n) is 1.76. The largest absolute Gasteiger partial charge is 0.381 e. The van der Waals surface area contributed by atoms with Crippen molar-refractivity contribution in [3.05, 3.63) is 70.8 Å². The van der Waals surface area contributed by atoms with Crippen LogP contribution in [0.1, 0.15) is 11.1 Å². The van der Waals surface area contributed by atoms with Gasteiger partial charge in [-0.25, -0.2) is 5.48 Å². The minimum absolute atomic E-state index is 0.554. The quantitative estimate of drug-likeness (QED) is 0.450. The number of anilines is 1. The minimum Gasteiger partial charge on any atom is -0.381 e. The summed E-state index contributed by atoms with van der Waals surface area (Å²) in [6.07, 6.45) is 2.89. The van der Waals surface area contributed by atoms with E-state index in [1.54, 1.807) is 11.6 Å². The molecule has 0 spiro atoms. The van der Waals surface area contributed by atoms with Crippen molar-refractivity contribution in [1.82, 2.24) is 5.48 Å². The Labute approximate surface area is 128 Å². The topological polar surface area (TPSA) is 61.4 Å². The van der Waals surface area contributed by atoms with Crippen molar-refractivity contribution in [2.45, 2.75) is 6.54 Å². The molecule has 0 saturated heterocycles. The molecule has 5 heteroatoms. The van der Waals surface area contributed by atoms with Crippen molar-refractivity contribution in [1.29, 1.82) is 0 Å². The molecule has 108 valence electrons. The summed E-state index contributed by atoms with van der Waals surface area (Å²) in [5.41, 5.74) is 4.50. The lowest BCUT2D eigenvalue weighted by molar-refractivity contribution is -0.124. The Balaban J connectivity index is 1.93. The van der Waals surface area contributed by atoms with E-state index in [2.05, 4.69) is 5.32 Å². The fourth-order valence-corrected chi connectivity index (χ4v) is 1.95. The molecule has 0 fully saturated rings. The Morgan fingerprint density at radius 3 is 2.62 bits per heavy atom. The highest BCUT2D eigenvalue weighted by Gasteiger charge is 1.96. The summed E-state index contributed by atoms with van der Waals surface area (Å²) >= 11 is 5.92. The molecular weight excluding hydrogens is 288 g/mol. The highest BCUT2D eigenvalue weighted by Crippen LogP contribution is 2.16. The molecular formula is C16H15ClN2O2. The number of amides is 1. The average molecular weight is 303 g/mol. The first-order valence-corrected chi connectivity index (χ1v) is 6.76. The van der Waals surface area contributed by atoms with E-state index in [9.17, 15) is 4.79 Å². The molecule has 1 amide bonds. The predicted octanol–water partition coefficient (Wildman–Crippen LogP) is 3.47. The molecule has 2 rings (SSSR count). The van der Waals surface area contributed by atoms with Crippen LogP contribution in [0.3, 0.4) is 0 Å². The molecule has 3 N–H and O–H groups in total. The van der Waals surface area contributed by atoms with Gasteiger partial charge < -0.3 is 5.32 Å². The number of hydrogen-bond donors (Lipinski definition) is 3. The second-order valence-corrected chi connectivity index (χ2v) is 4.85. The zero-order valence-electron chi connectivity index (χ0n) is 11.2. The van der Waals surface area contributed by atoms with E-state index in [1.807, 2.05) is 48.5 Å². The maximum atomic E-state index is 10.9. The molecule has 0 saturated carbocycles. The summed E-state index contributed by atoms with van der Waals surface area (Å²) in [5.74, 6) is -0.554. The molecule has 0 heterocycles. The third-order valence-corrected chi connectivity index (χ3v) is 3.07. The summed E-state index contributed by atoms with van der Waals surface area (Å²) < 4.78 is 0. The minimum atomic E-state index is -0.554. The van der Waals surface area contributed by atoms with Gasteiger partial charge in [-0.15, -0.1) is 0 Å². The number of hydrogen-bond acceptors (Lipinski definition) is 3. The highest BCUT2D eigenvalue weighted by atomic mass is 35.5. The van der Waals surface area contributed by atoms with Crippen LogP contribution in [0.5, 0.6) is 0 Å². The van der Waals surface area contributed by atoms with Crippen molar-refractivity contribution in [2.75, 3.05) is 5.32 Å². The van der Waals surface area contributed by atoms with Gasteiger partial charge in [-0.1, -0.05) is 41.9 Å². The summed E-state index contributed by atoms with van der Waals surface area (Å²) in [4.78, 5) is 10.9. The van der Waals surface area contributed by atoms with E-state index in [0.717, 1.165) is 16.8 Å². The van der Waals surface area contributed by atoms with E-state index in [-0.39, 0.29) is 0 Å². The first-order valence-electron chi connectivity index (χ1n) is 6.38.